The van der Waals surface area contributed by atoms with Crippen LogP contribution in [0.1, 0.15) is 20.8 Å². The number of hydrogen-bond acceptors (Lipinski definition) is 5. The highest BCUT2D eigenvalue weighted by molar-refractivity contribution is 7.21. The quantitative estimate of drug-likeness (QED) is 0.761. The van der Waals surface area contributed by atoms with Crippen molar-refractivity contribution in [3.63, 3.8) is 0 Å². The van der Waals surface area contributed by atoms with Gasteiger partial charge >= 0.3 is 0 Å². The van der Waals surface area contributed by atoms with Crippen LogP contribution < -0.4 is 11.1 Å². The number of nitrogen functional groups attached to an aromatic ring is 1. The zero-order chi connectivity index (χ0) is 15.0. The lowest BCUT2D eigenvalue weighted by Gasteiger charge is -2.06. The van der Waals surface area contributed by atoms with E-state index < -0.39 is 0 Å². The summed E-state index contributed by atoms with van der Waals surface area (Å²) in [5, 5.41) is 3.71. The van der Waals surface area contributed by atoms with Crippen molar-refractivity contribution in [3.05, 3.63) is 46.7 Å². The molecule has 0 atom stereocenters. The first kappa shape index (κ1) is 13.5. The molecule has 1 amide bonds. The van der Waals surface area contributed by atoms with Gasteiger partial charge in [-0.25, -0.2) is 4.98 Å². The van der Waals surface area contributed by atoms with E-state index in [0.717, 1.165) is 21.3 Å². The predicted molar refractivity (Wildman–Crippen MR) is 85.7 cm³/mol. The summed E-state index contributed by atoms with van der Waals surface area (Å²) >= 11 is 1.30. The van der Waals surface area contributed by atoms with Crippen molar-refractivity contribution in [2.45, 2.75) is 13.8 Å². The number of hydrogen-bond donors (Lipinski definition) is 2. The van der Waals surface area contributed by atoms with Gasteiger partial charge < -0.3 is 11.1 Å². The van der Waals surface area contributed by atoms with E-state index in [0.29, 0.717) is 16.3 Å². The second-order valence-corrected chi connectivity index (χ2v) is 5.80. The van der Waals surface area contributed by atoms with Gasteiger partial charge in [0.2, 0.25) is 0 Å². The number of anilines is 2. The number of carbonyl (C=O) groups is 1. The summed E-state index contributed by atoms with van der Waals surface area (Å²) in [5.74, 6) is -0.231. The number of rotatable bonds is 2. The first-order valence-corrected chi connectivity index (χ1v) is 7.25. The molecule has 21 heavy (non-hydrogen) atoms. The van der Waals surface area contributed by atoms with Gasteiger partial charge in [-0.1, -0.05) is 0 Å². The third-order valence-electron chi connectivity index (χ3n) is 3.33. The molecule has 0 saturated heterocycles. The maximum atomic E-state index is 12.4. The Morgan fingerprint density at radius 2 is 2.00 bits per heavy atom. The molecule has 3 N–H and O–H groups in total. The first-order valence-electron chi connectivity index (χ1n) is 6.43. The molecule has 3 heterocycles. The number of nitrogens with one attached hydrogen (secondary N) is 1. The lowest BCUT2D eigenvalue weighted by atomic mass is 10.1. The normalized spacial score (nSPS) is 10.8. The number of aryl methyl sites for hydroxylation is 2. The summed E-state index contributed by atoms with van der Waals surface area (Å²) in [7, 11) is 0. The lowest BCUT2D eigenvalue weighted by molar-refractivity contribution is 0.103. The molecule has 0 bridgehead atoms. The Bertz CT molecular complexity index is 841. The van der Waals surface area contributed by atoms with Crippen LogP contribution in [-0.2, 0) is 0 Å². The Morgan fingerprint density at radius 3 is 2.71 bits per heavy atom. The predicted octanol–water partition coefficient (Wildman–Crippen LogP) is 3.14. The summed E-state index contributed by atoms with van der Waals surface area (Å²) in [6.07, 6.45) is 5.03. The van der Waals surface area contributed by atoms with E-state index in [2.05, 4.69) is 15.3 Å². The van der Waals surface area contributed by atoms with Gasteiger partial charge in [-0.05, 0) is 37.1 Å². The molecule has 5 nitrogen and oxygen atoms in total. The lowest BCUT2D eigenvalue weighted by Crippen LogP contribution is -2.13. The van der Waals surface area contributed by atoms with Crippen LogP contribution in [0.15, 0.2) is 30.7 Å². The van der Waals surface area contributed by atoms with Gasteiger partial charge in [0.05, 0.1) is 17.6 Å². The standard InChI is InChI=1S/C15H14N4OS/c1-8-3-5-17-7-10(8)19-14(20)13-12(16)11-9(2)4-6-18-15(11)21-13/h3-7H,16H2,1-2H3,(H,19,20). The highest BCUT2D eigenvalue weighted by Crippen LogP contribution is 2.34. The molecule has 3 aromatic heterocycles. The number of carbonyl (C=O) groups excluding carboxylic acids is 1. The average molecular weight is 298 g/mol. The molecule has 3 rings (SSSR count). The van der Waals surface area contributed by atoms with Crippen molar-refractivity contribution in [1.29, 1.82) is 0 Å². The minimum atomic E-state index is -0.231. The second kappa shape index (κ2) is 5.14. The summed E-state index contributed by atoms with van der Waals surface area (Å²) in [6, 6.07) is 3.73. The Balaban J connectivity index is 2.01. The zero-order valence-electron chi connectivity index (χ0n) is 11.7. The summed E-state index contributed by atoms with van der Waals surface area (Å²) < 4.78 is 0. The minimum Gasteiger partial charge on any atom is -0.397 e. The van der Waals surface area contributed by atoms with Crippen LogP contribution in [0.2, 0.25) is 0 Å². The first-order chi connectivity index (χ1) is 10.1. The molecule has 0 spiro atoms. The molecular weight excluding hydrogens is 284 g/mol. The third kappa shape index (κ3) is 2.34. The van der Waals surface area contributed by atoms with Crippen molar-refractivity contribution in [2.24, 2.45) is 0 Å². The number of nitrogens with zero attached hydrogens (tertiary/aromatic N) is 2. The molecule has 0 unspecified atom stereocenters. The molecule has 0 aliphatic rings. The van der Waals surface area contributed by atoms with Crippen LogP contribution in [0.5, 0.6) is 0 Å². The fraction of sp³-hybridized carbons (Fsp3) is 0.133. The van der Waals surface area contributed by atoms with Gasteiger partial charge in [-0.15, -0.1) is 11.3 Å². The van der Waals surface area contributed by atoms with Crippen LogP contribution in [0, 0.1) is 13.8 Å². The van der Waals surface area contributed by atoms with Crippen molar-refractivity contribution >= 4 is 38.8 Å². The van der Waals surface area contributed by atoms with E-state index in [1.807, 2.05) is 26.0 Å². The van der Waals surface area contributed by atoms with Crippen molar-refractivity contribution in [3.8, 4) is 0 Å². The number of fused-ring (bicyclic) bond motifs is 1. The van der Waals surface area contributed by atoms with Crippen LogP contribution in [0.3, 0.4) is 0 Å². The van der Waals surface area contributed by atoms with Crippen molar-refractivity contribution in [1.82, 2.24) is 9.97 Å². The maximum Gasteiger partial charge on any atom is 0.268 e. The maximum absolute atomic E-state index is 12.4. The molecule has 0 radical (unpaired) electrons. The van der Waals surface area contributed by atoms with E-state index in [-0.39, 0.29) is 5.91 Å². The minimum absolute atomic E-state index is 0.231. The highest BCUT2D eigenvalue weighted by atomic mass is 32.1. The van der Waals surface area contributed by atoms with Gasteiger partial charge in [-0.3, -0.25) is 9.78 Å². The van der Waals surface area contributed by atoms with Crippen LogP contribution in [0.25, 0.3) is 10.2 Å². The van der Waals surface area contributed by atoms with Gasteiger partial charge in [-0.2, -0.15) is 0 Å². The van der Waals surface area contributed by atoms with E-state index in [4.69, 9.17) is 5.73 Å². The average Bonchev–Trinajstić information content (AvgIpc) is 2.80. The van der Waals surface area contributed by atoms with Crippen LogP contribution in [0.4, 0.5) is 11.4 Å². The SMILES string of the molecule is Cc1ccncc1NC(=O)c1sc2nccc(C)c2c1N. The highest BCUT2D eigenvalue weighted by Gasteiger charge is 2.18. The van der Waals surface area contributed by atoms with E-state index >= 15 is 0 Å². The van der Waals surface area contributed by atoms with Crippen LogP contribution in [-0.4, -0.2) is 15.9 Å². The smallest absolute Gasteiger partial charge is 0.268 e. The second-order valence-electron chi connectivity index (χ2n) is 4.80. The summed E-state index contributed by atoms with van der Waals surface area (Å²) in [5.41, 5.74) is 9.27. The fourth-order valence-corrected chi connectivity index (χ4v) is 3.18. The Labute approximate surface area is 125 Å². The fourth-order valence-electron chi connectivity index (χ4n) is 2.15. The van der Waals surface area contributed by atoms with Gasteiger partial charge in [0.15, 0.2) is 0 Å². The van der Waals surface area contributed by atoms with Crippen LogP contribution >= 0.6 is 11.3 Å². The molecule has 0 fully saturated rings. The molecule has 6 heteroatoms. The Hall–Kier alpha value is -2.47. The molecule has 3 aromatic rings. The molecular formula is C15H14N4OS. The largest absolute Gasteiger partial charge is 0.397 e. The van der Waals surface area contributed by atoms with Crippen molar-refractivity contribution < 1.29 is 4.79 Å². The Morgan fingerprint density at radius 1 is 1.24 bits per heavy atom. The van der Waals surface area contributed by atoms with Gasteiger partial charge in [0.1, 0.15) is 9.71 Å². The zero-order valence-corrected chi connectivity index (χ0v) is 12.5. The number of nitrogens with two attached hydrogens (primary N) is 1. The summed E-state index contributed by atoms with van der Waals surface area (Å²) in [4.78, 5) is 22.0. The van der Waals surface area contributed by atoms with Gasteiger partial charge in [0.25, 0.3) is 5.91 Å². The number of aromatic nitrogens is 2. The van der Waals surface area contributed by atoms with Crippen molar-refractivity contribution in [2.75, 3.05) is 11.1 Å². The third-order valence-corrected chi connectivity index (χ3v) is 4.44. The molecule has 0 saturated carbocycles. The number of pyridine rings is 2. The monoisotopic (exact) mass is 298 g/mol. The Kier molecular flexibility index (Phi) is 3.31. The molecule has 0 aliphatic heterocycles. The molecule has 0 aliphatic carbocycles. The molecule has 106 valence electrons. The van der Waals surface area contributed by atoms with E-state index in [1.54, 1.807) is 18.6 Å². The summed E-state index contributed by atoms with van der Waals surface area (Å²) in [6.45, 7) is 3.87. The topological polar surface area (TPSA) is 80.9 Å². The van der Waals surface area contributed by atoms with Gasteiger partial charge in [0, 0.05) is 17.8 Å². The van der Waals surface area contributed by atoms with E-state index in [9.17, 15) is 4.79 Å². The number of thiophene rings is 1. The van der Waals surface area contributed by atoms with E-state index in [1.165, 1.54) is 11.3 Å². The molecule has 0 aromatic carbocycles. The number of amides is 1.